The number of halogens is 1. The average Bonchev–Trinajstić information content (AvgIpc) is 2.85. The number of hydrogen-bond acceptors (Lipinski definition) is 7. The van der Waals surface area contributed by atoms with Crippen LogP contribution in [-0.4, -0.2) is 27.1 Å². The molecule has 3 aliphatic rings. The minimum Gasteiger partial charge on any atom is -0.481 e. The third-order valence-corrected chi connectivity index (χ3v) is 6.93. The van der Waals surface area contributed by atoms with Crippen LogP contribution < -0.4 is 21.3 Å². The number of fused-ring (bicyclic) bond motifs is 3. The number of aromatic nitrogens is 2. The Morgan fingerprint density at radius 1 is 0.912 bits per heavy atom. The van der Waals surface area contributed by atoms with Gasteiger partial charge in [0.15, 0.2) is 5.82 Å². The van der Waals surface area contributed by atoms with Crippen LogP contribution in [-0.2, 0) is 4.79 Å². The maximum atomic E-state index is 12.2. The topological polar surface area (TPSA) is 102 Å². The molecule has 2 aromatic carbocycles. The molecule has 0 aliphatic heterocycles. The van der Waals surface area contributed by atoms with Crippen molar-refractivity contribution in [3.63, 3.8) is 0 Å². The molecule has 0 radical (unpaired) electrons. The second-order valence-corrected chi connectivity index (χ2v) is 9.22. The quantitative estimate of drug-likeness (QED) is 0.262. The first-order valence-corrected chi connectivity index (χ1v) is 11.9. The Balaban J connectivity index is 1.47. The van der Waals surface area contributed by atoms with Crippen molar-refractivity contribution in [1.29, 1.82) is 0 Å². The second-order valence-electron chi connectivity index (χ2n) is 8.88. The molecule has 34 heavy (non-hydrogen) atoms. The first-order valence-electron chi connectivity index (χ1n) is 11.5. The standard InChI is InChI=1S/C25H27ClN6O2/c26-25-28-20(27-18-7-3-1-4-8-18)15-21(29-25)32(30-19-9-5-2-6-10-19)31-23-17-13-11-16(12-14-17)22(23)24(33)34/h1-10,15-17,22-23,30-31H,11-14H2,(H,33,34)(H,27,28,29). The zero-order valence-electron chi connectivity index (χ0n) is 18.6. The van der Waals surface area contributed by atoms with Gasteiger partial charge in [0.25, 0.3) is 0 Å². The molecule has 176 valence electrons. The number of anilines is 4. The molecule has 8 nitrogen and oxygen atoms in total. The number of carboxylic acid groups (broad SMARTS) is 1. The van der Waals surface area contributed by atoms with E-state index in [0.29, 0.717) is 11.6 Å². The Labute approximate surface area is 203 Å². The van der Waals surface area contributed by atoms with Gasteiger partial charge in [-0.3, -0.25) is 10.2 Å². The first kappa shape index (κ1) is 22.4. The van der Waals surface area contributed by atoms with E-state index in [4.69, 9.17) is 11.6 Å². The lowest BCUT2D eigenvalue weighted by Gasteiger charge is -2.48. The number of rotatable bonds is 8. The van der Waals surface area contributed by atoms with Crippen LogP contribution >= 0.6 is 11.6 Å². The number of hydrogen-bond donors (Lipinski definition) is 4. The smallest absolute Gasteiger partial charge is 0.308 e. The number of benzene rings is 2. The Morgan fingerprint density at radius 3 is 2.18 bits per heavy atom. The summed E-state index contributed by atoms with van der Waals surface area (Å²) < 4.78 is 0. The zero-order chi connectivity index (χ0) is 23.5. The monoisotopic (exact) mass is 478 g/mol. The van der Waals surface area contributed by atoms with Gasteiger partial charge >= 0.3 is 5.97 Å². The normalized spacial score (nSPS) is 23.3. The van der Waals surface area contributed by atoms with Crippen LogP contribution in [0.2, 0.25) is 5.28 Å². The van der Waals surface area contributed by atoms with Gasteiger partial charge in [0.2, 0.25) is 5.28 Å². The van der Waals surface area contributed by atoms with Crippen LogP contribution in [0.1, 0.15) is 25.7 Å². The zero-order valence-corrected chi connectivity index (χ0v) is 19.3. The van der Waals surface area contributed by atoms with Gasteiger partial charge in [-0.25, -0.2) is 15.5 Å². The Bertz CT molecular complexity index is 1120. The number of nitrogens with one attached hydrogen (secondary N) is 3. The Morgan fingerprint density at radius 2 is 1.53 bits per heavy atom. The highest BCUT2D eigenvalue weighted by Gasteiger charge is 2.48. The number of nitrogens with zero attached hydrogens (tertiary/aromatic N) is 3. The van der Waals surface area contributed by atoms with Crippen molar-refractivity contribution >= 4 is 40.6 Å². The number of carbonyl (C=O) groups is 1. The summed E-state index contributed by atoms with van der Waals surface area (Å²) in [6.45, 7) is 0. The van der Waals surface area contributed by atoms with E-state index < -0.39 is 11.9 Å². The van der Waals surface area contributed by atoms with Crippen molar-refractivity contribution in [2.45, 2.75) is 31.7 Å². The Kier molecular flexibility index (Phi) is 6.51. The molecule has 0 saturated heterocycles. The van der Waals surface area contributed by atoms with Gasteiger partial charge in [-0.15, -0.1) is 0 Å². The highest BCUT2D eigenvalue weighted by Crippen LogP contribution is 2.45. The predicted octanol–water partition coefficient (Wildman–Crippen LogP) is 5.10. The maximum absolute atomic E-state index is 12.2. The SMILES string of the molecule is O=C(O)C1C2CCC(CC2)C1NN(Nc1ccccc1)c1cc(Nc2ccccc2)nc(Cl)n1. The molecule has 1 aromatic heterocycles. The van der Waals surface area contributed by atoms with E-state index in [-0.39, 0.29) is 23.2 Å². The lowest BCUT2D eigenvalue weighted by molar-refractivity contribution is -0.149. The minimum absolute atomic E-state index is 0.0811. The molecule has 4 N–H and O–H groups in total. The maximum Gasteiger partial charge on any atom is 0.308 e. The fourth-order valence-electron chi connectivity index (χ4n) is 5.19. The second kappa shape index (κ2) is 9.87. The summed E-state index contributed by atoms with van der Waals surface area (Å²) in [5.41, 5.74) is 8.50. The minimum atomic E-state index is -0.751. The molecule has 0 spiro atoms. The van der Waals surface area contributed by atoms with Gasteiger partial charge in [0, 0.05) is 17.8 Å². The molecule has 3 fully saturated rings. The molecule has 2 bridgehead atoms. The summed E-state index contributed by atoms with van der Waals surface area (Å²) in [4.78, 5) is 21.0. The van der Waals surface area contributed by atoms with Crippen LogP contribution in [0, 0.1) is 17.8 Å². The molecule has 3 aromatic rings. The molecule has 1 heterocycles. The Hall–Kier alpha value is -3.36. The first-order chi connectivity index (χ1) is 16.6. The molecule has 6 rings (SSSR count). The van der Waals surface area contributed by atoms with E-state index in [0.717, 1.165) is 37.1 Å². The number of hydrazine groups is 2. The lowest BCUT2D eigenvalue weighted by atomic mass is 9.62. The van der Waals surface area contributed by atoms with Crippen molar-refractivity contribution in [3.8, 4) is 0 Å². The summed E-state index contributed by atoms with van der Waals surface area (Å²) in [5.74, 6) is 0.273. The number of aliphatic carboxylic acids is 1. The predicted molar refractivity (Wildman–Crippen MR) is 133 cm³/mol. The van der Waals surface area contributed by atoms with Gasteiger partial charge in [0.05, 0.1) is 11.6 Å². The van der Waals surface area contributed by atoms with Crippen LogP contribution in [0.3, 0.4) is 0 Å². The molecule has 2 atom stereocenters. The fourth-order valence-corrected chi connectivity index (χ4v) is 5.37. The van der Waals surface area contributed by atoms with Crippen molar-refractivity contribution in [1.82, 2.24) is 15.4 Å². The van der Waals surface area contributed by atoms with Gasteiger partial charge in [0.1, 0.15) is 5.82 Å². The van der Waals surface area contributed by atoms with E-state index in [1.807, 2.05) is 60.7 Å². The van der Waals surface area contributed by atoms with Crippen molar-refractivity contribution in [2.24, 2.45) is 17.8 Å². The van der Waals surface area contributed by atoms with E-state index in [9.17, 15) is 9.90 Å². The summed E-state index contributed by atoms with van der Waals surface area (Å²) in [5, 5.41) is 15.0. The van der Waals surface area contributed by atoms with Gasteiger partial charge in [-0.05, 0) is 73.4 Å². The van der Waals surface area contributed by atoms with E-state index in [1.165, 1.54) is 0 Å². The van der Waals surface area contributed by atoms with Gasteiger partial charge in [-0.1, -0.05) is 36.4 Å². The summed E-state index contributed by atoms with van der Waals surface area (Å²) in [6.07, 6.45) is 3.99. The van der Waals surface area contributed by atoms with Gasteiger partial charge < -0.3 is 10.4 Å². The van der Waals surface area contributed by atoms with Crippen LogP contribution in [0.4, 0.5) is 23.0 Å². The molecular formula is C25H27ClN6O2. The fraction of sp³-hybridized carbons (Fsp3) is 0.320. The average molecular weight is 479 g/mol. The summed E-state index contributed by atoms with van der Waals surface area (Å²) in [6, 6.07) is 20.9. The van der Waals surface area contributed by atoms with Gasteiger partial charge in [-0.2, -0.15) is 4.98 Å². The van der Waals surface area contributed by atoms with E-state index in [2.05, 4.69) is 26.1 Å². The largest absolute Gasteiger partial charge is 0.481 e. The third kappa shape index (κ3) is 4.93. The van der Waals surface area contributed by atoms with Crippen LogP contribution in [0.25, 0.3) is 0 Å². The molecule has 3 saturated carbocycles. The van der Waals surface area contributed by atoms with Crippen LogP contribution in [0.15, 0.2) is 66.7 Å². The molecule has 2 unspecified atom stereocenters. The highest BCUT2D eigenvalue weighted by molar-refractivity contribution is 6.28. The number of carboxylic acids is 1. The number of para-hydroxylation sites is 2. The van der Waals surface area contributed by atoms with Crippen molar-refractivity contribution in [3.05, 3.63) is 72.0 Å². The van der Waals surface area contributed by atoms with Crippen molar-refractivity contribution < 1.29 is 9.90 Å². The summed E-state index contributed by atoms with van der Waals surface area (Å²) >= 11 is 6.31. The van der Waals surface area contributed by atoms with E-state index in [1.54, 1.807) is 11.2 Å². The van der Waals surface area contributed by atoms with Crippen LogP contribution in [0.5, 0.6) is 0 Å². The highest BCUT2D eigenvalue weighted by atomic mass is 35.5. The third-order valence-electron chi connectivity index (χ3n) is 6.76. The lowest BCUT2D eigenvalue weighted by Crippen LogP contribution is -2.60. The molecule has 0 amide bonds. The molecule has 9 heteroatoms. The molecule has 3 aliphatic carbocycles. The molecular weight excluding hydrogens is 452 g/mol. The summed E-state index contributed by atoms with van der Waals surface area (Å²) in [7, 11) is 0. The van der Waals surface area contributed by atoms with Crippen molar-refractivity contribution in [2.75, 3.05) is 15.9 Å². The van der Waals surface area contributed by atoms with E-state index >= 15 is 0 Å².